The molecule has 2 unspecified atom stereocenters. The Morgan fingerprint density at radius 2 is 2.06 bits per heavy atom. The predicted molar refractivity (Wildman–Crippen MR) is 66.3 cm³/mol. The number of nitrogens with one attached hydrogen (secondary N) is 1. The molecule has 0 aliphatic heterocycles. The van der Waals surface area contributed by atoms with Gasteiger partial charge in [0.05, 0.1) is 12.3 Å². The van der Waals surface area contributed by atoms with Crippen molar-refractivity contribution in [2.24, 2.45) is 5.92 Å². The highest BCUT2D eigenvalue weighted by Crippen LogP contribution is 2.12. The molecule has 0 saturated carbocycles. The second-order valence-electron chi connectivity index (χ2n) is 4.45. The summed E-state index contributed by atoms with van der Waals surface area (Å²) < 4.78 is 5.22. The number of hydrogen-bond donors (Lipinski definition) is 1. The summed E-state index contributed by atoms with van der Waals surface area (Å²) in [6, 6.07) is 6.61. The minimum atomic E-state index is 0.253. The molecule has 1 aromatic heterocycles. The smallest absolute Gasteiger partial charge is 0.0618 e. The standard InChI is InChI=1S/C13H22N2O/c1-10(2)13(9-16-4)15-11(3)12-7-5-6-8-14-12/h5-8,10-11,13,15H,9H2,1-4H3. The van der Waals surface area contributed by atoms with E-state index in [1.54, 1.807) is 7.11 Å². The first kappa shape index (κ1) is 13.1. The summed E-state index contributed by atoms with van der Waals surface area (Å²) in [5, 5.41) is 3.55. The molecule has 1 heterocycles. The van der Waals surface area contributed by atoms with Crippen LogP contribution in [0, 0.1) is 5.92 Å². The number of rotatable bonds is 6. The highest BCUT2D eigenvalue weighted by Gasteiger charge is 2.16. The molecule has 16 heavy (non-hydrogen) atoms. The van der Waals surface area contributed by atoms with Crippen LogP contribution < -0.4 is 5.32 Å². The van der Waals surface area contributed by atoms with E-state index in [1.165, 1.54) is 0 Å². The van der Waals surface area contributed by atoms with E-state index in [-0.39, 0.29) is 6.04 Å². The van der Waals surface area contributed by atoms with Gasteiger partial charge in [-0.3, -0.25) is 4.98 Å². The summed E-state index contributed by atoms with van der Waals surface area (Å²) in [7, 11) is 1.74. The summed E-state index contributed by atoms with van der Waals surface area (Å²) in [6.07, 6.45) is 1.83. The zero-order valence-corrected chi connectivity index (χ0v) is 10.6. The van der Waals surface area contributed by atoms with Gasteiger partial charge in [-0.15, -0.1) is 0 Å². The fourth-order valence-corrected chi connectivity index (χ4v) is 1.65. The first-order chi connectivity index (χ1) is 7.65. The number of nitrogens with zero attached hydrogens (tertiary/aromatic N) is 1. The van der Waals surface area contributed by atoms with Crippen LogP contribution in [0.2, 0.25) is 0 Å². The third-order valence-electron chi connectivity index (χ3n) is 2.75. The summed E-state index contributed by atoms with van der Waals surface area (Å²) in [5.74, 6) is 0.547. The highest BCUT2D eigenvalue weighted by molar-refractivity contribution is 5.07. The molecule has 0 spiro atoms. The lowest BCUT2D eigenvalue weighted by Gasteiger charge is -2.25. The van der Waals surface area contributed by atoms with Gasteiger partial charge in [0.25, 0.3) is 0 Å². The average Bonchev–Trinajstić information content (AvgIpc) is 2.29. The molecule has 1 rings (SSSR count). The van der Waals surface area contributed by atoms with E-state index in [0.717, 1.165) is 12.3 Å². The van der Waals surface area contributed by atoms with Gasteiger partial charge in [0, 0.05) is 25.4 Å². The van der Waals surface area contributed by atoms with Crippen LogP contribution in [0.1, 0.15) is 32.5 Å². The molecule has 3 nitrogen and oxygen atoms in total. The van der Waals surface area contributed by atoms with Gasteiger partial charge in [-0.2, -0.15) is 0 Å². The van der Waals surface area contributed by atoms with Crippen molar-refractivity contribution in [3.63, 3.8) is 0 Å². The van der Waals surface area contributed by atoms with Crippen molar-refractivity contribution in [3.05, 3.63) is 30.1 Å². The molecule has 0 aliphatic carbocycles. The molecule has 0 saturated heterocycles. The normalized spacial score (nSPS) is 15.1. The maximum atomic E-state index is 5.22. The van der Waals surface area contributed by atoms with Gasteiger partial charge >= 0.3 is 0 Å². The predicted octanol–water partition coefficient (Wildman–Crippen LogP) is 2.40. The van der Waals surface area contributed by atoms with Gasteiger partial charge in [0.15, 0.2) is 0 Å². The molecule has 0 radical (unpaired) electrons. The van der Waals surface area contributed by atoms with Crippen molar-refractivity contribution < 1.29 is 4.74 Å². The SMILES string of the molecule is COCC(NC(C)c1ccccn1)C(C)C. The zero-order valence-electron chi connectivity index (χ0n) is 10.6. The Hall–Kier alpha value is -0.930. The molecular formula is C13H22N2O. The Balaban J connectivity index is 2.58. The van der Waals surface area contributed by atoms with Crippen LogP contribution in [0.15, 0.2) is 24.4 Å². The van der Waals surface area contributed by atoms with Crippen molar-refractivity contribution in [2.75, 3.05) is 13.7 Å². The first-order valence-electron chi connectivity index (χ1n) is 5.81. The van der Waals surface area contributed by atoms with E-state index in [9.17, 15) is 0 Å². The van der Waals surface area contributed by atoms with Crippen LogP contribution in [0.25, 0.3) is 0 Å². The third-order valence-corrected chi connectivity index (χ3v) is 2.75. The Morgan fingerprint density at radius 1 is 1.31 bits per heavy atom. The largest absolute Gasteiger partial charge is 0.383 e. The van der Waals surface area contributed by atoms with Crippen molar-refractivity contribution in [1.82, 2.24) is 10.3 Å². The van der Waals surface area contributed by atoms with Gasteiger partial charge in [0.1, 0.15) is 0 Å². The number of methoxy groups -OCH3 is 1. The van der Waals surface area contributed by atoms with E-state index in [2.05, 4.69) is 31.1 Å². The highest BCUT2D eigenvalue weighted by atomic mass is 16.5. The lowest BCUT2D eigenvalue weighted by Crippen LogP contribution is -2.39. The van der Waals surface area contributed by atoms with Crippen LogP contribution in [-0.4, -0.2) is 24.7 Å². The topological polar surface area (TPSA) is 34.1 Å². The maximum Gasteiger partial charge on any atom is 0.0618 e. The fourth-order valence-electron chi connectivity index (χ4n) is 1.65. The summed E-state index contributed by atoms with van der Waals surface area (Å²) in [4.78, 5) is 4.35. The molecule has 0 aromatic carbocycles. The van der Waals surface area contributed by atoms with Gasteiger partial charge in [0.2, 0.25) is 0 Å². The monoisotopic (exact) mass is 222 g/mol. The van der Waals surface area contributed by atoms with E-state index < -0.39 is 0 Å². The van der Waals surface area contributed by atoms with E-state index in [4.69, 9.17) is 4.74 Å². The third kappa shape index (κ3) is 3.91. The van der Waals surface area contributed by atoms with Gasteiger partial charge in [-0.05, 0) is 25.0 Å². The van der Waals surface area contributed by atoms with Crippen LogP contribution in [0.3, 0.4) is 0 Å². The number of pyridine rings is 1. The molecule has 90 valence electrons. The molecular weight excluding hydrogens is 200 g/mol. The Bertz CT molecular complexity index is 287. The quantitative estimate of drug-likeness (QED) is 0.802. The summed E-state index contributed by atoms with van der Waals surface area (Å²) in [5.41, 5.74) is 1.07. The number of ether oxygens (including phenoxy) is 1. The lowest BCUT2D eigenvalue weighted by molar-refractivity contribution is 0.141. The molecule has 1 N–H and O–H groups in total. The van der Waals surface area contributed by atoms with Gasteiger partial charge < -0.3 is 10.1 Å². The van der Waals surface area contributed by atoms with Crippen molar-refractivity contribution in [3.8, 4) is 0 Å². The maximum absolute atomic E-state index is 5.22. The van der Waals surface area contributed by atoms with Crippen LogP contribution in [0.5, 0.6) is 0 Å². The molecule has 3 heteroatoms. The van der Waals surface area contributed by atoms with Gasteiger partial charge in [-0.1, -0.05) is 19.9 Å². The van der Waals surface area contributed by atoms with Crippen molar-refractivity contribution in [1.29, 1.82) is 0 Å². The minimum Gasteiger partial charge on any atom is -0.383 e. The van der Waals surface area contributed by atoms with Crippen LogP contribution in [-0.2, 0) is 4.74 Å². The van der Waals surface area contributed by atoms with Crippen molar-refractivity contribution in [2.45, 2.75) is 32.9 Å². The van der Waals surface area contributed by atoms with E-state index in [1.807, 2.05) is 24.4 Å². The molecule has 0 aliphatic rings. The average molecular weight is 222 g/mol. The minimum absolute atomic E-state index is 0.253. The Kier molecular flexibility index (Phi) is 5.43. The second-order valence-corrected chi connectivity index (χ2v) is 4.45. The summed E-state index contributed by atoms with van der Waals surface area (Å²) in [6.45, 7) is 7.26. The first-order valence-corrected chi connectivity index (χ1v) is 5.81. The molecule has 0 fully saturated rings. The zero-order chi connectivity index (χ0) is 12.0. The van der Waals surface area contributed by atoms with E-state index in [0.29, 0.717) is 12.0 Å². The van der Waals surface area contributed by atoms with Gasteiger partial charge in [-0.25, -0.2) is 0 Å². The number of aromatic nitrogens is 1. The van der Waals surface area contributed by atoms with Crippen LogP contribution in [0.4, 0.5) is 0 Å². The second kappa shape index (κ2) is 6.61. The fraction of sp³-hybridized carbons (Fsp3) is 0.615. The lowest BCUT2D eigenvalue weighted by atomic mass is 10.0. The number of hydrogen-bond acceptors (Lipinski definition) is 3. The molecule has 2 atom stereocenters. The molecule has 1 aromatic rings. The van der Waals surface area contributed by atoms with E-state index >= 15 is 0 Å². The summed E-state index contributed by atoms with van der Waals surface area (Å²) >= 11 is 0. The van der Waals surface area contributed by atoms with Crippen molar-refractivity contribution >= 4 is 0 Å². The molecule has 0 bridgehead atoms. The Morgan fingerprint density at radius 3 is 2.56 bits per heavy atom. The molecule has 0 amide bonds. The van der Waals surface area contributed by atoms with Crippen LogP contribution >= 0.6 is 0 Å². The Labute approximate surface area is 98.2 Å².